The van der Waals surface area contributed by atoms with Gasteiger partial charge in [0.25, 0.3) is 0 Å². The molecular weight excluding hydrogens is 583 g/mol. The van der Waals surface area contributed by atoms with Gasteiger partial charge in [0.15, 0.2) is 0 Å². The predicted octanol–water partition coefficient (Wildman–Crippen LogP) is 11.8. The third kappa shape index (κ3) is 4.11. The molecule has 0 atom stereocenters. The predicted molar refractivity (Wildman–Crippen MR) is 201 cm³/mol. The zero-order valence-corrected chi connectivity index (χ0v) is 25.9. The van der Waals surface area contributed by atoms with Gasteiger partial charge in [0.2, 0.25) is 0 Å². The fraction of sp³-hybridized carbons (Fsp3) is 0. The summed E-state index contributed by atoms with van der Waals surface area (Å²) in [5, 5.41) is 10.7. The van der Waals surface area contributed by atoms with Crippen LogP contribution in [0.3, 0.4) is 0 Å². The second-order valence-corrected chi connectivity index (χ2v) is 12.4. The molecule has 0 unspecified atom stereocenters. The Balaban J connectivity index is 1.05. The molecule has 0 amide bonds. The van der Waals surface area contributed by atoms with E-state index in [2.05, 4.69) is 157 Å². The van der Waals surface area contributed by atoms with Crippen molar-refractivity contribution < 1.29 is 0 Å². The van der Waals surface area contributed by atoms with Gasteiger partial charge < -0.3 is 0 Å². The van der Waals surface area contributed by atoms with Crippen molar-refractivity contribution in [3.63, 3.8) is 0 Å². The zero-order valence-electron chi connectivity index (χ0n) is 25.9. The fourth-order valence-corrected chi connectivity index (χ4v) is 7.35. The number of hydrogen-bond acceptors (Lipinski definition) is 3. The summed E-state index contributed by atoms with van der Waals surface area (Å²) in [4.78, 5) is 15.1. The van der Waals surface area contributed by atoms with Crippen molar-refractivity contribution in [2.24, 2.45) is 0 Å². The van der Waals surface area contributed by atoms with Crippen LogP contribution in [0.1, 0.15) is 0 Å². The van der Waals surface area contributed by atoms with E-state index in [1.165, 1.54) is 32.3 Å². The Morgan fingerprint density at radius 3 is 1.54 bits per heavy atom. The van der Waals surface area contributed by atoms with Crippen LogP contribution in [-0.4, -0.2) is 15.0 Å². The van der Waals surface area contributed by atoms with Crippen molar-refractivity contribution in [1.82, 2.24) is 15.0 Å². The molecule has 3 aromatic heterocycles. The maximum atomic E-state index is 5.43. The van der Waals surface area contributed by atoms with Gasteiger partial charge in [-0.1, -0.05) is 146 Å². The molecule has 0 saturated carbocycles. The van der Waals surface area contributed by atoms with Gasteiger partial charge in [0.1, 0.15) is 0 Å². The highest BCUT2D eigenvalue weighted by Crippen LogP contribution is 2.41. The van der Waals surface area contributed by atoms with Gasteiger partial charge >= 0.3 is 0 Å². The maximum Gasteiger partial charge on any atom is 0.0972 e. The minimum Gasteiger partial charge on any atom is -0.254 e. The Hall–Kier alpha value is -6.45. The highest BCUT2D eigenvalue weighted by Gasteiger charge is 2.16. The molecule has 3 heteroatoms. The van der Waals surface area contributed by atoms with E-state index in [9.17, 15) is 0 Å². The summed E-state index contributed by atoms with van der Waals surface area (Å²) < 4.78 is 0. The number of aromatic nitrogens is 3. The highest BCUT2D eigenvalue weighted by atomic mass is 14.8. The van der Waals surface area contributed by atoms with Crippen LogP contribution in [0.5, 0.6) is 0 Å². The minimum atomic E-state index is 0.932. The Bertz CT molecular complexity index is 2870. The van der Waals surface area contributed by atoms with Crippen molar-refractivity contribution in [2.75, 3.05) is 0 Å². The summed E-state index contributed by atoms with van der Waals surface area (Å²) in [6.07, 6.45) is 1.83. The molecule has 0 aliphatic heterocycles. The second kappa shape index (κ2) is 10.5. The Labute approximate surface area is 276 Å². The molecule has 3 heterocycles. The number of nitrogens with zero attached hydrogens (tertiary/aromatic N) is 3. The van der Waals surface area contributed by atoms with E-state index in [-0.39, 0.29) is 0 Å². The molecule has 10 rings (SSSR count). The number of pyridine rings is 3. The second-order valence-electron chi connectivity index (χ2n) is 12.4. The van der Waals surface area contributed by atoms with Gasteiger partial charge in [-0.2, -0.15) is 0 Å². The van der Waals surface area contributed by atoms with Crippen LogP contribution >= 0.6 is 0 Å². The van der Waals surface area contributed by atoms with Crippen LogP contribution in [0.4, 0.5) is 0 Å². The Morgan fingerprint density at radius 1 is 0.312 bits per heavy atom. The van der Waals surface area contributed by atoms with E-state index >= 15 is 0 Å². The van der Waals surface area contributed by atoms with Crippen molar-refractivity contribution >= 4 is 65.0 Å². The molecule has 3 nitrogen and oxygen atoms in total. The van der Waals surface area contributed by atoms with E-state index < -0.39 is 0 Å². The number of benzene rings is 7. The summed E-state index contributed by atoms with van der Waals surface area (Å²) in [5.41, 5.74) is 9.36. The SMILES string of the molecule is c1cnc2c(c1)ccc1ccc(-c3ccc(-c4ccc(-c5nc6c7ccccc7c7ccccc7c6c6ccccc56)cc4)cc3)nc12. The third-order valence-electron chi connectivity index (χ3n) is 9.69. The van der Waals surface area contributed by atoms with Crippen LogP contribution in [-0.2, 0) is 0 Å². The van der Waals surface area contributed by atoms with Crippen LogP contribution < -0.4 is 0 Å². The molecular formula is C45H27N3. The maximum absolute atomic E-state index is 5.43. The summed E-state index contributed by atoms with van der Waals surface area (Å²) in [6.45, 7) is 0. The first-order valence-electron chi connectivity index (χ1n) is 16.3. The molecule has 10 aromatic rings. The zero-order chi connectivity index (χ0) is 31.6. The number of hydrogen-bond donors (Lipinski definition) is 0. The lowest BCUT2D eigenvalue weighted by atomic mass is 9.92. The van der Waals surface area contributed by atoms with Crippen molar-refractivity contribution in [1.29, 1.82) is 0 Å². The molecule has 0 bridgehead atoms. The van der Waals surface area contributed by atoms with Crippen LogP contribution in [0.15, 0.2) is 164 Å². The molecule has 7 aromatic carbocycles. The molecule has 0 spiro atoms. The Kier molecular flexibility index (Phi) is 5.87. The largest absolute Gasteiger partial charge is 0.254 e. The molecule has 0 aliphatic carbocycles. The third-order valence-corrected chi connectivity index (χ3v) is 9.69. The van der Waals surface area contributed by atoms with Crippen molar-refractivity contribution in [3.8, 4) is 33.6 Å². The normalized spacial score (nSPS) is 11.8. The fourth-order valence-electron chi connectivity index (χ4n) is 7.35. The molecule has 0 saturated heterocycles. The van der Waals surface area contributed by atoms with E-state index in [1.54, 1.807) is 0 Å². The first kappa shape index (κ1) is 26.7. The van der Waals surface area contributed by atoms with Gasteiger partial charge in [-0.05, 0) is 44.8 Å². The first-order chi connectivity index (χ1) is 23.8. The van der Waals surface area contributed by atoms with Gasteiger partial charge in [-0.25, -0.2) is 9.97 Å². The lowest BCUT2D eigenvalue weighted by molar-refractivity contribution is 1.37. The van der Waals surface area contributed by atoms with E-state index in [0.29, 0.717) is 0 Å². The molecule has 0 radical (unpaired) electrons. The number of fused-ring (bicyclic) bond motifs is 11. The summed E-state index contributed by atoms with van der Waals surface area (Å²) >= 11 is 0. The van der Waals surface area contributed by atoms with Crippen LogP contribution in [0.25, 0.3) is 98.7 Å². The Morgan fingerprint density at radius 2 is 0.833 bits per heavy atom. The minimum absolute atomic E-state index is 0.932. The first-order valence-corrected chi connectivity index (χ1v) is 16.3. The van der Waals surface area contributed by atoms with Crippen LogP contribution in [0.2, 0.25) is 0 Å². The summed E-state index contributed by atoms with van der Waals surface area (Å²) in [6, 6.07) is 56.0. The topological polar surface area (TPSA) is 38.7 Å². The molecule has 48 heavy (non-hydrogen) atoms. The smallest absolute Gasteiger partial charge is 0.0972 e. The van der Waals surface area contributed by atoms with E-state index in [4.69, 9.17) is 9.97 Å². The van der Waals surface area contributed by atoms with Crippen LogP contribution in [0, 0.1) is 0 Å². The quantitative estimate of drug-likeness (QED) is 0.187. The van der Waals surface area contributed by atoms with Crippen molar-refractivity contribution in [3.05, 3.63) is 164 Å². The summed E-state index contributed by atoms with van der Waals surface area (Å²) in [5.74, 6) is 0. The van der Waals surface area contributed by atoms with E-state index in [1.807, 2.05) is 12.3 Å². The average Bonchev–Trinajstić information content (AvgIpc) is 3.17. The molecule has 0 N–H and O–H groups in total. The van der Waals surface area contributed by atoms with E-state index in [0.717, 1.165) is 66.4 Å². The average molecular weight is 610 g/mol. The summed E-state index contributed by atoms with van der Waals surface area (Å²) in [7, 11) is 0. The lowest BCUT2D eigenvalue weighted by Gasteiger charge is -2.15. The van der Waals surface area contributed by atoms with Gasteiger partial charge in [-0.15, -0.1) is 0 Å². The molecule has 0 fully saturated rings. The molecule has 0 aliphatic rings. The molecule has 222 valence electrons. The highest BCUT2D eigenvalue weighted by molar-refractivity contribution is 6.31. The van der Waals surface area contributed by atoms with Gasteiger partial charge in [-0.3, -0.25) is 4.98 Å². The van der Waals surface area contributed by atoms with Crippen molar-refractivity contribution in [2.45, 2.75) is 0 Å². The monoisotopic (exact) mass is 609 g/mol. The van der Waals surface area contributed by atoms with Gasteiger partial charge in [0, 0.05) is 44.3 Å². The van der Waals surface area contributed by atoms with Gasteiger partial charge in [0.05, 0.1) is 27.9 Å². The standard InChI is InChI=1S/C45H27N3/c1-3-11-36-34(9-1)35-10-2-5-13-38(35)45-41(36)37-12-4-6-14-39(37)42(48-45)32-21-17-29(18-22-32)28-15-19-30(20-16-28)40-26-25-33-24-23-31-8-7-27-46-43(31)44(33)47-40/h1-27H. The lowest BCUT2D eigenvalue weighted by Crippen LogP contribution is -1.93. The number of rotatable bonds is 3.